The molecule has 1 heteroatoms. The Bertz CT molecular complexity index is 217. The summed E-state index contributed by atoms with van der Waals surface area (Å²) in [6.07, 6.45) is 7.64. The first-order valence-corrected chi connectivity index (χ1v) is 3.99. The molecule has 0 saturated carbocycles. The quantitative estimate of drug-likeness (QED) is 0.574. The van der Waals surface area contributed by atoms with Crippen LogP contribution in [-0.4, -0.2) is 4.90 Å². The smallest absolute Gasteiger partial charge is 0.0373 e. The van der Waals surface area contributed by atoms with Crippen LogP contribution in [0.5, 0.6) is 0 Å². The second-order valence-electron chi connectivity index (χ2n) is 2.79. The molecule has 0 aromatic rings. The van der Waals surface area contributed by atoms with Crippen LogP contribution in [0.2, 0.25) is 0 Å². The van der Waals surface area contributed by atoms with Gasteiger partial charge in [0.1, 0.15) is 0 Å². The van der Waals surface area contributed by atoms with Crippen molar-refractivity contribution in [2.45, 2.75) is 20.8 Å². The average Bonchev–Trinajstić information content (AvgIpc) is 2.00. The van der Waals surface area contributed by atoms with Gasteiger partial charge in [0.05, 0.1) is 0 Å². The molecular weight excluding hydrogens is 146 g/mol. The molecule has 0 N–H and O–H groups in total. The molecule has 1 nitrogen and oxygen atoms in total. The van der Waals surface area contributed by atoms with Gasteiger partial charge in [0, 0.05) is 18.1 Å². The van der Waals surface area contributed by atoms with E-state index >= 15 is 0 Å². The van der Waals surface area contributed by atoms with Gasteiger partial charge in [-0.15, -0.1) is 0 Å². The molecule has 0 aliphatic carbocycles. The molecular formula is C11H17N. The molecule has 0 radical (unpaired) electrons. The van der Waals surface area contributed by atoms with Crippen molar-refractivity contribution < 1.29 is 0 Å². The third kappa shape index (κ3) is 3.81. The summed E-state index contributed by atoms with van der Waals surface area (Å²) >= 11 is 0. The maximum atomic E-state index is 3.89. The van der Waals surface area contributed by atoms with E-state index in [0.717, 1.165) is 5.70 Å². The lowest BCUT2D eigenvalue weighted by molar-refractivity contribution is 0.649. The van der Waals surface area contributed by atoms with Crippen LogP contribution in [0.1, 0.15) is 20.8 Å². The highest BCUT2D eigenvalue weighted by Gasteiger charge is 1.94. The van der Waals surface area contributed by atoms with E-state index in [9.17, 15) is 0 Å². The lowest BCUT2D eigenvalue weighted by atomic mass is 10.3. The van der Waals surface area contributed by atoms with Crippen LogP contribution in [0.3, 0.4) is 0 Å². The van der Waals surface area contributed by atoms with Gasteiger partial charge in [0.15, 0.2) is 0 Å². The maximum absolute atomic E-state index is 3.89. The summed E-state index contributed by atoms with van der Waals surface area (Å²) in [5, 5.41) is 0. The monoisotopic (exact) mass is 163 g/mol. The Hall–Kier alpha value is -1.24. The van der Waals surface area contributed by atoms with Crippen LogP contribution in [0.15, 0.2) is 49.0 Å². The summed E-state index contributed by atoms with van der Waals surface area (Å²) in [4.78, 5) is 1.90. The van der Waals surface area contributed by atoms with E-state index in [1.165, 1.54) is 5.57 Å². The number of allylic oxidation sites excluding steroid dienone is 3. The first-order valence-electron chi connectivity index (χ1n) is 3.99. The molecule has 0 spiro atoms. The van der Waals surface area contributed by atoms with Crippen molar-refractivity contribution in [3.63, 3.8) is 0 Å². The molecule has 0 unspecified atom stereocenters. The van der Waals surface area contributed by atoms with Gasteiger partial charge >= 0.3 is 0 Å². The molecule has 0 amide bonds. The number of hydrogen-bond acceptors (Lipinski definition) is 1. The first kappa shape index (κ1) is 10.8. The minimum Gasteiger partial charge on any atom is -0.325 e. The zero-order valence-electron chi connectivity index (χ0n) is 8.17. The zero-order chi connectivity index (χ0) is 9.56. The van der Waals surface area contributed by atoms with Crippen LogP contribution in [0, 0.1) is 0 Å². The van der Waals surface area contributed by atoms with E-state index in [2.05, 4.69) is 13.2 Å². The summed E-state index contributed by atoms with van der Waals surface area (Å²) < 4.78 is 0. The second-order valence-corrected chi connectivity index (χ2v) is 2.79. The van der Waals surface area contributed by atoms with E-state index in [1.54, 1.807) is 6.20 Å². The standard InChI is InChI=1S/C11H17N/c1-6-8-11(5)12(7-2)9-10(3)4/h6-9H,2,5H2,1,3-4H3/b8-6-. The minimum atomic E-state index is 0.925. The summed E-state index contributed by atoms with van der Waals surface area (Å²) in [5.74, 6) is 0. The van der Waals surface area contributed by atoms with Gasteiger partial charge in [0.25, 0.3) is 0 Å². The predicted molar refractivity (Wildman–Crippen MR) is 55.4 cm³/mol. The fraction of sp³-hybridized carbons (Fsp3) is 0.273. The molecule has 0 heterocycles. The van der Waals surface area contributed by atoms with Crippen LogP contribution >= 0.6 is 0 Å². The molecule has 0 bridgehead atoms. The Balaban J connectivity index is 4.46. The van der Waals surface area contributed by atoms with Crippen molar-refractivity contribution in [2.24, 2.45) is 0 Å². The summed E-state index contributed by atoms with van der Waals surface area (Å²) in [6.45, 7) is 13.6. The molecule has 0 rings (SSSR count). The summed E-state index contributed by atoms with van der Waals surface area (Å²) in [7, 11) is 0. The normalized spacial score (nSPS) is 9.58. The highest BCUT2D eigenvalue weighted by molar-refractivity contribution is 5.18. The molecule has 66 valence electrons. The highest BCUT2D eigenvalue weighted by atomic mass is 15.1. The average molecular weight is 163 g/mol. The van der Waals surface area contributed by atoms with Crippen LogP contribution in [0.4, 0.5) is 0 Å². The van der Waals surface area contributed by atoms with E-state index in [0.29, 0.717) is 0 Å². The van der Waals surface area contributed by atoms with Gasteiger partial charge in [-0.25, -0.2) is 0 Å². The van der Waals surface area contributed by atoms with Gasteiger partial charge in [-0.05, 0) is 26.8 Å². The van der Waals surface area contributed by atoms with Gasteiger partial charge in [-0.3, -0.25) is 0 Å². The van der Waals surface area contributed by atoms with Gasteiger partial charge in [-0.2, -0.15) is 0 Å². The molecule has 0 atom stereocenters. The summed E-state index contributed by atoms with van der Waals surface area (Å²) in [6, 6.07) is 0. The molecule has 0 aliphatic rings. The van der Waals surface area contributed by atoms with E-state index < -0.39 is 0 Å². The number of hydrogen-bond donors (Lipinski definition) is 0. The molecule has 12 heavy (non-hydrogen) atoms. The fourth-order valence-corrected chi connectivity index (χ4v) is 0.809. The Morgan fingerprint density at radius 1 is 1.33 bits per heavy atom. The zero-order valence-corrected chi connectivity index (χ0v) is 8.17. The molecule has 0 saturated heterocycles. The third-order valence-electron chi connectivity index (χ3n) is 1.28. The predicted octanol–water partition coefficient (Wildman–Crippen LogP) is 3.45. The lowest BCUT2D eigenvalue weighted by Crippen LogP contribution is -2.05. The minimum absolute atomic E-state index is 0.925. The van der Waals surface area contributed by atoms with Crippen molar-refractivity contribution in [3.8, 4) is 0 Å². The topological polar surface area (TPSA) is 3.24 Å². The van der Waals surface area contributed by atoms with Gasteiger partial charge in [-0.1, -0.05) is 24.8 Å². The van der Waals surface area contributed by atoms with Crippen molar-refractivity contribution in [3.05, 3.63) is 49.0 Å². The summed E-state index contributed by atoms with van der Waals surface area (Å²) in [5.41, 5.74) is 2.15. The first-order chi connectivity index (χ1) is 5.61. The Kier molecular flexibility index (Phi) is 4.86. The van der Waals surface area contributed by atoms with Crippen molar-refractivity contribution in [1.29, 1.82) is 0 Å². The molecule has 0 aromatic carbocycles. The highest BCUT2D eigenvalue weighted by Crippen LogP contribution is 2.06. The number of rotatable bonds is 4. The lowest BCUT2D eigenvalue weighted by Gasteiger charge is -2.15. The van der Waals surface area contributed by atoms with E-state index in [-0.39, 0.29) is 0 Å². The largest absolute Gasteiger partial charge is 0.325 e. The number of nitrogens with zero attached hydrogens (tertiary/aromatic N) is 1. The molecule has 0 fully saturated rings. The van der Waals surface area contributed by atoms with Crippen molar-refractivity contribution in [2.75, 3.05) is 0 Å². The Morgan fingerprint density at radius 3 is 2.25 bits per heavy atom. The van der Waals surface area contributed by atoms with Gasteiger partial charge in [0.2, 0.25) is 0 Å². The van der Waals surface area contributed by atoms with Gasteiger partial charge < -0.3 is 4.90 Å². The SMILES string of the molecule is C=CN(C=C(C)C)C(=C)/C=C\C. The molecule has 0 aromatic heterocycles. The molecule has 0 aliphatic heterocycles. The van der Waals surface area contributed by atoms with Crippen molar-refractivity contribution in [1.82, 2.24) is 4.90 Å². The van der Waals surface area contributed by atoms with Crippen molar-refractivity contribution >= 4 is 0 Å². The Morgan fingerprint density at radius 2 is 1.92 bits per heavy atom. The van der Waals surface area contributed by atoms with Crippen LogP contribution in [-0.2, 0) is 0 Å². The Labute approximate surface area is 75.4 Å². The maximum Gasteiger partial charge on any atom is 0.0373 e. The van der Waals surface area contributed by atoms with Crippen LogP contribution in [0.25, 0.3) is 0 Å². The van der Waals surface area contributed by atoms with Crippen LogP contribution < -0.4 is 0 Å². The van der Waals surface area contributed by atoms with E-state index in [4.69, 9.17) is 0 Å². The fourth-order valence-electron chi connectivity index (χ4n) is 0.809. The second kappa shape index (κ2) is 5.42. The third-order valence-corrected chi connectivity index (χ3v) is 1.28. The van der Waals surface area contributed by atoms with E-state index in [1.807, 2.05) is 44.0 Å².